The third-order valence-electron chi connectivity index (χ3n) is 3.27. The first-order chi connectivity index (χ1) is 9.84. The average molecular weight is 333 g/mol. The highest BCUT2D eigenvalue weighted by molar-refractivity contribution is 7.89. The van der Waals surface area contributed by atoms with Crippen molar-refractivity contribution < 1.29 is 13.2 Å². The Kier molecular flexibility index (Phi) is 4.69. The number of hydrogen-bond acceptors (Lipinski definition) is 7. The molecular weight excluding hydrogens is 314 g/mol. The number of carbonyl (C=O) groups excluding carboxylic acids is 1. The zero-order chi connectivity index (χ0) is 15.6. The maximum absolute atomic E-state index is 12.2. The van der Waals surface area contributed by atoms with E-state index in [0.717, 1.165) is 41.8 Å². The molecule has 1 amide bonds. The predicted octanol–water partition coefficient (Wildman–Crippen LogP) is 0.00990. The summed E-state index contributed by atoms with van der Waals surface area (Å²) in [6.45, 7) is 1.56. The molecule has 0 spiro atoms. The van der Waals surface area contributed by atoms with Gasteiger partial charge in [0.25, 0.3) is 0 Å². The molecule has 1 fully saturated rings. The number of amides is 1. The lowest BCUT2D eigenvalue weighted by Gasteiger charge is -2.16. The quantitative estimate of drug-likeness (QED) is 0.786. The van der Waals surface area contributed by atoms with Crippen molar-refractivity contribution in [2.24, 2.45) is 0 Å². The van der Waals surface area contributed by atoms with Gasteiger partial charge < -0.3 is 16.0 Å². The second-order valence-electron chi connectivity index (χ2n) is 4.95. The van der Waals surface area contributed by atoms with Crippen LogP contribution in [0.25, 0.3) is 0 Å². The number of likely N-dealkylation sites (tertiary alicyclic amines) is 1. The van der Waals surface area contributed by atoms with E-state index < -0.39 is 10.0 Å². The lowest BCUT2D eigenvalue weighted by atomic mass is 10.4. The van der Waals surface area contributed by atoms with E-state index >= 15 is 0 Å². The van der Waals surface area contributed by atoms with Gasteiger partial charge in [0.05, 0.1) is 6.54 Å². The van der Waals surface area contributed by atoms with Crippen molar-refractivity contribution in [3.63, 3.8) is 0 Å². The van der Waals surface area contributed by atoms with Gasteiger partial charge in [0.1, 0.15) is 5.00 Å². The standard InChI is InChI=1S/C11H19N5O3S2/c1-15(2)21(18,19)9-10(12)14-20-11(9)13-7-8(17)16-5-3-4-6-16/h13H,3-7H2,1-2H3,(H2,12,14). The van der Waals surface area contributed by atoms with Crippen LogP contribution < -0.4 is 11.1 Å². The number of sulfonamides is 1. The number of nitrogens with two attached hydrogens (primary N) is 1. The third-order valence-corrected chi connectivity index (χ3v) is 6.11. The SMILES string of the molecule is CN(C)S(=O)(=O)c1c(N)nsc1NCC(=O)N1CCCC1. The van der Waals surface area contributed by atoms with Crippen LogP contribution in [0.2, 0.25) is 0 Å². The maximum Gasteiger partial charge on any atom is 0.249 e. The lowest BCUT2D eigenvalue weighted by Crippen LogP contribution is -2.33. The van der Waals surface area contributed by atoms with Crippen molar-refractivity contribution in [1.82, 2.24) is 13.6 Å². The highest BCUT2D eigenvalue weighted by atomic mass is 32.2. The zero-order valence-corrected chi connectivity index (χ0v) is 13.6. The third kappa shape index (κ3) is 3.27. The van der Waals surface area contributed by atoms with E-state index in [2.05, 4.69) is 9.69 Å². The number of aromatic nitrogens is 1. The van der Waals surface area contributed by atoms with Crippen molar-refractivity contribution in [3.05, 3.63) is 0 Å². The van der Waals surface area contributed by atoms with Crippen molar-refractivity contribution in [1.29, 1.82) is 0 Å². The van der Waals surface area contributed by atoms with Crippen molar-refractivity contribution >= 4 is 38.3 Å². The summed E-state index contributed by atoms with van der Waals surface area (Å²) in [5.74, 6) is -0.0995. The molecule has 21 heavy (non-hydrogen) atoms. The van der Waals surface area contributed by atoms with Crippen molar-refractivity contribution in [3.8, 4) is 0 Å². The van der Waals surface area contributed by atoms with E-state index in [0.29, 0.717) is 5.00 Å². The molecule has 0 atom stereocenters. The summed E-state index contributed by atoms with van der Waals surface area (Å²) in [5, 5.41) is 3.15. The van der Waals surface area contributed by atoms with Crippen LogP contribution in [0.15, 0.2) is 4.90 Å². The Hall–Kier alpha value is -1.39. The van der Waals surface area contributed by atoms with Crippen LogP contribution in [-0.2, 0) is 14.8 Å². The van der Waals surface area contributed by atoms with Gasteiger partial charge in [0, 0.05) is 27.2 Å². The minimum Gasteiger partial charge on any atom is -0.382 e. The summed E-state index contributed by atoms with van der Waals surface area (Å²) < 4.78 is 29.4. The molecule has 0 aromatic carbocycles. The van der Waals surface area contributed by atoms with Gasteiger partial charge in [0.2, 0.25) is 15.9 Å². The first-order valence-electron chi connectivity index (χ1n) is 6.53. The minimum absolute atomic E-state index is 0.0393. The van der Waals surface area contributed by atoms with Gasteiger partial charge >= 0.3 is 0 Å². The van der Waals surface area contributed by atoms with E-state index in [4.69, 9.17) is 5.73 Å². The monoisotopic (exact) mass is 333 g/mol. The largest absolute Gasteiger partial charge is 0.382 e. The summed E-state index contributed by atoms with van der Waals surface area (Å²) in [7, 11) is -0.849. The first-order valence-corrected chi connectivity index (χ1v) is 8.74. The molecular formula is C11H19N5O3S2. The number of anilines is 2. The fraction of sp³-hybridized carbons (Fsp3) is 0.636. The molecule has 0 aliphatic carbocycles. The van der Waals surface area contributed by atoms with Gasteiger partial charge in [0.15, 0.2) is 10.7 Å². The van der Waals surface area contributed by atoms with Crippen LogP contribution in [0.4, 0.5) is 10.8 Å². The van der Waals surface area contributed by atoms with Gasteiger partial charge in [-0.1, -0.05) is 0 Å². The van der Waals surface area contributed by atoms with E-state index in [1.165, 1.54) is 14.1 Å². The number of nitrogens with zero attached hydrogens (tertiary/aromatic N) is 3. The summed E-state index contributed by atoms with van der Waals surface area (Å²) in [5.41, 5.74) is 5.65. The topological polar surface area (TPSA) is 109 Å². The van der Waals surface area contributed by atoms with Crippen molar-refractivity contribution in [2.75, 3.05) is 44.8 Å². The van der Waals surface area contributed by atoms with Crippen LogP contribution in [-0.4, -0.2) is 61.6 Å². The summed E-state index contributed by atoms with van der Waals surface area (Å²) in [6.07, 6.45) is 2.03. The number of nitrogens with one attached hydrogen (secondary N) is 1. The Balaban J connectivity index is 2.13. The molecule has 3 N–H and O–H groups in total. The summed E-state index contributed by atoms with van der Waals surface area (Å²) in [4.78, 5) is 13.7. The molecule has 0 unspecified atom stereocenters. The maximum atomic E-state index is 12.2. The average Bonchev–Trinajstić information content (AvgIpc) is 3.05. The normalized spacial score (nSPS) is 15.7. The molecule has 1 saturated heterocycles. The number of nitrogen functional groups attached to an aromatic ring is 1. The molecule has 1 aromatic heterocycles. The number of hydrogen-bond donors (Lipinski definition) is 2. The lowest BCUT2D eigenvalue weighted by molar-refractivity contribution is -0.128. The molecule has 8 nitrogen and oxygen atoms in total. The Morgan fingerprint density at radius 1 is 1.43 bits per heavy atom. The molecule has 2 rings (SSSR count). The van der Waals surface area contributed by atoms with Crippen LogP contribution in [0.5, 0.6) is 0 Å². The van der Waals surface area contributed by atoms with Gasteiger partial charge in [-0.25, -0.2) is 12.7 Å². The Morgan fingerprint density at radius 3 is 2.62 bits per heavy atom. The van der Waals surface area contributed by atoms with Crippen molar-refractivity contribution in [2.45, 2.75) is 17.7 Å². The Bertz CT molecular complexity index is 620. The van der Waals surface area contributed by atoms with Gasteiger partial charge in [-0.3, -0.25) is 4.79 Å². The summed E-state index contributed by atoms with van der Waals surface area (Å²) >= 11 is 0.942. The molecule has 1 aliphatic rings. The molecule has 2 heterocycles. The highest BCUT2D eigenvalue weighted by Gasteiger charge is 2.28. The van der Waals surface area contributed by atoms with E-state index in [1.807, 2.05) is 0 Å². The number of carbonyl (C=O) groups is 1. The molecule has 10 heteroatoms. The van der Waals surface area contributed by atoms with Crippen LogP contribution in [0, 0.1) is 0 Å². The van der Waals surface area contributed by atoms with Gasteiger partial charge in [-0.15, -0.1) is 0 Å². The fourth-order valence-electron chi connectivity index (χ4n) is 2.07. The van der Waals surface area contributed by atoms with Crippen LogP contribution in [0.1, 0.15) is 12.8 Å². The van der Waals surface area contributed by atoms with Crippen LogP contribution >= 0.6 is 11.5 Å². The fourth-order valence-corrected chi connectivity index (χ4v) is 4.14. The van der Waals surface area contributed by atoms with Gasteiger partial charge in [-0.2, -0.15) is 4.37 Å². The number of rotatable bonds is 5. The highest BCUT2D eigenvalue weighted by Crippen LogP contribution is 2.32. The first kappa shape index (κ1) is 16.0. The van der Waals surface area contributed by atoms with Crippen LogP contribution in [0.3, 0.4) is 0 Å². The molecule has 1 aromatic rings. The molecule has 0 bridgehead atoms. The molecule has 0 radical (unpaired) electrons. The molecule has 1 aliphatic heterocycles. The zero-order valence-electron chi connectivity index (χ0n) is 12.0. The molecule has 0 saturated carbocycles. The smallest absolute Gasteiger partial charge is 0.249 e. The van der Waals surface area contributed by atoms with E-state index in [9.17, 15) is 13.2 Å². The Labute approximate surface area is 128 Å². The second-order valence-corrected chi connectivity index (χ2v) is 7.82. The minimum atomic E-state index is -3.69. The van der Waals surface area contributed by atoms with E-state index in [1.54, 1.807) is 4.90 Å². The predicted molar refractivity (Wildman–Crippen MR) is 81.7 cm³/mol. The Morgan fingerprint density at radius 2 is 2.05 bits per heavy atom. The van der Waals surface area contributed by atoms with Gasteiger partial charge in [-0.05, 0) is 24.4 Å². The van der Waals surface area contributed by atoms with E-state index in [-0.39, 0.29) is 23.2 Å². The summed E-state index contributed by atoms with van der Waals surface area (Å²) in [6, 6.07) is 0. The molecule has 118 valence electrons. The second kappa shape index (κ2) is 6.16.